The summed E-state index contributed by atoms with van der Waals surface area (Å²) in [5, 5.41) is 6.50. The molecular weight excluding hydrogens is 200 g/mol. The Kier molecular flexibility index (Phi) is 4.36. The number of piperidine rings is 1. The van der Waals surface area contributed by atoms with Crippen LogP contribution in [0.4, 0.5) is 0 Å². The van der Waals surface area contributed by atoms with Crippen LogP contribution in [0.5, 0.6) is 0 Å². The van der Waals surface area contributed by atoms with Gasteiger partial charge in [-0.15, -0.1) is 0 Å². The monoisotopic (exact) mass is 226 g/mol. The van der Waals surface area contributed by atoms with Crippen LogP contribution in [0.3, 0.4) is 0 Å². The summed E-state index contributed by atoms with van der Waals surface area (Å²) < 4.78 is 0. The largest absolute Gasteiger partial charge is 0.351 e. The summed E-state index contributed by atoms with van der Waals surface area (Å²) >= 11 is 0. The van der Waals surface area contributed by atoms with Crippen molar-refractivity contribution in [1.82, 2.24) is 10.6 Å². The van der Waals surface area contributed by atoms with Gasteiger partial charge in [0.1, 0.15) is 0 Å². The van der Waals surface area contributed by atoms with E-state index in [2.05, 4.69) is 38.3 Å². The van der Waals surface area contributed by atoms with Crippen molar-refractivity contribution in [2.24, 2.45) is 5.41 Å². The Morgan fingerprint density at radius 2 is 2.19 bits per heavy atom. The van der Waals surface area contributed by atoms with E-state index in [0.29, 0.717) is 0 Å². The second-order valence-electron chi connectivity index (χ2n) is 5.93. The first-order chi connectivity index (χ1) is 7.40. The molecular formula is C13H26N2O. The molecule has 1 unspecified atom stereocenters. The van der Waals surface area contributed by atoms with Crippen LogP contribution in [-0.4, -0.2) is 24.5 Å². The van der Waals surface area contributed by atoms with E-state index in [1.54, 1.807) is 0 Å². The molecule has 0 radical (unpaired) electrons. The van der Waals surface area contributed by atoms with Gasteiger partial charge in [-0.25, -0.2) is 0 Å². The lowest BCUT2D eigenvalue weighted by Gasteiger charge is -2.36. The Bertz CT molecular complexity index is 242. The predicted molar refractivity (Wildman–Crippen MR) is 67.3 cm³/mol. The SMILES string of the molecule is CCCC(C)(C)NC(=O)C1(C)CCCNC1. The van der Waals surface area contributed by atoms with Crippen LogP contribution in [-0.2, 0) is 4.79 Å². The molecule has 1 rings (SSSR count). The summed E-state index contributed by atoms with van der Waals surface area (Å²) in [6.07, 6.45) is 4.22. The fourth-order valence-corrected chi connectivity index (χ4v) is 2.40. The molecule has 1 fully saturated rings. The Balaban J connectivity index is 2.56. The van der Waals surface area contributed by atoms with E-state index >= 15 is 0 Å². The van der Waals surface area contributed by atoms with Crippen molar-refractivity contribution < 1.29 is 4.79 Å². The quantitative estimate of drug-likeness (QED) is 0.770. The highest BCUT2D eigenvalue weighted by Crippen LogP contribution is 2.27. The van der Waals surface area contributed by atoms with Crippen LogP contribution in [0.15, 0.2) is 0 Å². The van der Waals surface area contributed by atoms with Crippen molar-refractivity contribution in [2.45, 2.75) is 58.9 Å². The highest BCUT2D eigenvalue weighted by molar-refractivity contribution is 5.83. The predicted octanol–water partition coefficient (Wildman–Crippen LogP) is 2.07. The molecule has 94 valence electrons. The third-order valence-electron chi connectivity index (χ3n) is 3.47. The van der Waals surface area contributed by atoms with Gasteiger partial charge in [-0.3, -0.25) is 4.79 Å². The standard InChI is InChI=1S/C13H26N2O/c1-5-7-12(2,3)15-11(16)13(4)8-6-9-14-10-13/h14H,5-10H2,1-4H3,(H,15,16). The van der Waals surface area contributed by atoms with Gasteiger partial charge in [0, 0.05) is 12.1 Å². The lowest BCUT2D eigenvalue weighted by atomic mass is 9.81. The van der Waals surface area contributed by atoms with Gasteiger partial charge < -0.3 is 10.6 Å². The topological polar surface area (TPSA) is 41.1 Å². The third-order valence-corrected chi connectivity index (χ3v) is 3.47. The fraction of sp³-hybridized carbons (Fsp3) is 0.923. The van der Waals surface area contributed by atoms with Gasteiger partial charge in [-0.2, -0.15) is 0 Å². The number of carbonyl (C=O) groups is 1. The Hall–Kier alpha value is -0.570. The van der Waals surface area contributed by atoms with Crippen LogP contribution in [0.2, 0.25) is 0 Å². The molecule has 1 saturated heterocycles. The first-order valence-corrected chi connectivity index (χ1v) is 6.43. The van der Waals surface area contributed by atoms with Crippen molar-refractivity contribution in [3.8, 4) is 0 Å². The van der Waals surface area contributed by atoms with Gasteiger partial charge in [0.05, 0.1) is 5.41 Å². The average molecular weight is 226 g/mol. The molecule has 2 N–H and O–H groups in total. The molecule has 3 heteroatoms. The molecule has 0 saturated carbocycles. The maximum absolute atomic E-state index is 12.3. The molecule has 16 heavy (non-hydrogen) atoms. The first kappa shape index (κ1) is 13.5. The zero-order valence-corrected chi connectivity index (χ0v) is 11.2. The molecule has 0 aromatic carbocycles. The molecule has 1 atom stereocenters. The molecule has 0 spiro atoms. The van der Waals surface area contributed by atoms with Gasteiger partial charge in [-0.05, 0) is 46.6 Å². The smallest absolute Gasteiger partial charge is 0.227 e. The number of amides is 1. The van der Waals surface area contributed by atoms with E-state index in [4.69, 9.17) is 0 Å². The molecule has 3 nitrogen and oxygen atoms in total. The van der Waals surface area contributed by atoms with E-state index in [1.165, 1.54) is 0 Å². The van der Waals surface area contributed by atoms with Crippen molar-refractivity contribution in [3.63, 3.8) is 0 Å². The number of hydrogen-bond acceptors (Lipinski definition) is 2. The van der Waals surface area contributed by atoms with Crippen molar-refractivity contribution in [1.29, 1.82) is 0 Å². The zero-order chi connectivity index (χ0) is 12.2. The van der Waals surface area contributed by atoms with Crippen molar-refractivity contribution in [3.05, 3.63) is 0 Å². The molecule has 0 aromatic rings. The van der Waals surface area contributed by atoms with E-state index < -0.39 is 0 Å². The Morgan fingerprint density at radius 3 is 2.69 bits per heavy atom. The summed E-state index contributed by atoms with van der Waals surface area (Å²) in [7, 11) is 0. The van der Waals surface area contributed by atoms with Gasteiger partial charge >= 0.3 is 0 Å². The summed E-state index contributed by atoms with van der Waals surface area (Å²) in [6.45, 7) is 10.3. The van der Waals surface area contributed by atoms with Gasteiger partial charge in [0.15, 0.2) is 0 Å². The van der Waals surface area contributed by atoms with Crippen LogP contribution in [0.1, 0.15) is 53.4 Å². The van der Waals surface area contributed by atoms with E-state index in [-0.39, 0.29) is 16.9 Å². The summed E-state index contributed by atoms with van der Waals surface area (Å²) in [6, 6.07) is 0. The summed E-state index contributed by atoms with van der Waals surface area (Å²) in [5.41, 5.74) is -0.296. The van der Waals surface area contributed by atoms with Crippen LogP contribution in [0.25, 0.3) is 0 Å². The molecule has 1 amide bonds. The number of hydrogen-bond donors (Lipinski definition) is 2. The number of carbonyl (C=O) groups excluding carboxylic acids is 1. The lowest BCUT2D eigenvalue weighted by molar-refractivity contribution is -0.132. The molecule has 1 aliphatic rings. The van der Waals surface area contributed by atoms with Crippen LogP contribution < -0.4 is 10.6 Å². The maximum Gasteiger partial charge on any atom is 0.227 e. The van der Waals surface area contributed by atoms with Crippen molar-refractivity contribution in [2.75, 3.05) is 13.1 Å². The molecule has 1 heterocycles. The number of nitrogens with one attached hydrogen (secondary N) is 2. The minimum Gasteiger partial charge on any atom is -0.351 e. The van der Waals surface area contributed by atoms with Gasteiger partial charge in [-0.1, -0.05) is 13.3 Å². The molecule has 0 aromatic heterocycles. The minimum atomic E-state index is -0.219. The lowest BCUT2D eigenvalue weighted by Crippen LogP contribution is -2.54. The molecule has 0 bridgehead atoms. The fourth-order valence-electron chi connectivity index (χ4n) is 2.40. The van der Waals surface area contributed by atoms with Gasteiger partial charge in [0.25, 0.3) is 0 Å². The summed E-state index contributed by atoms with van der Waals surface area (Å²) in [4.78, 5) is 12.3. The third kappa shape index (κ3) is 3.48. The Morgan fingerprint density at radius 1 is 1.50 bits per heavy atom. The van der Waals surface area contributed by atoms with E-state index in [0.717, 1.165) is 38.8 Å². The Labute approximate surface area is 99.4 Å². The maximum atomic E-state index is 12.3. The van der Waals surface area contributed by atoms with E-state index in [1.807, 2.05) is 0 Å². The molecule has 1 aliphatic heterocycles. The highest BCUT2D eigenvalue weighted by Gasteiger charge is 2.36. The second-order valence-corrected chi connectivity index (χ2v) is 5.93. The van der Waals surface area contributed by atoms with Gasteiger partial charge in [0.2, 0.25) is 5.91 Å². The van der Waals surface area contributed by atoms with Crippen LogP contribution >= 0.6 is 0 Å². The van der Waals surface area contributed by atoms with Crippen molar-refractivity contribution >= 4 is 5.91 Å². The number of rotatable bonds is 4. The second kappa shape index (κ2) is 5.17. The minimum absolute atomic E-state index is 0.0771. The normalized spacial score (nSPS) is 26.5. The van der Waals surface area contributed by atoms with E-state index in [9.17, 15) is 4.79 Å². The molecule has 0 aliphatic carbocycles. The zero-order valence-electron chi connectivity index (χ0n) is 11.2. The highest BCUT2D eigenvalue weighted by atomic mass is 16.2. The van der Waals surface area contributed by atoms with Crippen LogP contribution in [0, 0.1) is 5.41 Å². The first-order valence-electron chi connectivity index (χ1n) is 6.43. The summed E-state index contributed by atoms with van der Waals surface area (Å²) in [5.74, 6) is 0.207. The average Bonchev–Trinajstić information content (AvgIpc) is 2.17.